The van der Waals surface area contributed by atoms with Crippen LogP contribution in [0.3, 0.4) is 0 Å². The van der Waals surface area contributed by atoms with Crippen LogP contribution in [0, 0.1) is 11.6 Å². The lowest BCUT2D eigenvalue weighted by molar-refractivity contribution is 0.573. The van der Waals surface area contributed by atoms with Gasteiger partial charge in [0.15, 0.2) is 11.6 Å². The molecule has 1 aliphatic heterocycles. The second-order valence-electron chi connectivity index (χ2n) is 5.96. The minimum absolute atomic E-state index is 0.266. The zero-order valence-electron chi connectivity index (χ0n) is 14.0. The summed E-state index contributed by atoms with van der Waals surface area (Å²) in [5.74, 6) is -1.82. The Labute approximate surface area is 146 Å². The first kappa shape index (κ1) is 17.7. The molecule has 0 atom stereocenters. The number of rotatable bonds is 6. The molecule has 4 nitrogen and oxygen atoms in total. The van der Waals surface area contributed by atoms with Gasteiger partial charge in [-0.3, -0.25) is 4.31 Å². The Morgan fingerprint density at radius 3 is 2.16 bits per heavy atom. The molecule has 3 rings (SSSR count). The van der Waals surface area contributed by atoms with Crippen molar-refractivity contribution in [1.82, 2.24) is 0 Å². The van der Waals surface area contributed by atoms with Crippen LogP contribution in [0.25, 0.3) is 0 Å². The van der Waals surface area contributed by atoms with Crippen LogP contribution in [-0.4, -0.2) is 15.0 Å². The van der Waals surface area contributed by atoms with E-state index in [1.165, 1.54) is 10.4 Å². The van der Waals surface area contributed by atoms with Crippen molar-refractivity contribution in [3.63, 3.8) is 0 Å². The molecule has 2 aromatic carbocycles. The quantitative estimate of drug-likeness (QED) is 0.693. The summed E-state index contributed by atoms with van der Waals surface area (Å²) in [5.41, 5.74) is 0.148. The van der Waals surface area contributed by atoms with E-state index in [-0.39, 0.29) is 12.2 Å². The number of unbranched alkanes of at least 4 members (excludes halogenated alkanes) is 3. The maximum atomic E-state index is 14.3. The maximum absolute atomic E-state index is 14.3. The Morgan fingerprint density at radius 1 is 0.880 bits per heavy atom. The molecule has 0 spiro atoms. The summed E-state index contributed by atoms with van der Waals surface area (Å²) in [7, 11) is -4.09. The average Bonchev–Trinajstić information content (AvgIpc) is 2.79. The average molecular weight is 366 g/mol. The number of benzene rings is 2. The van der Waals surface area contributed by atoms with Gasteiger partial charge in [-0.1, -0.05) is 44.4 Å². The summed E-state index contributed by atoms with van der Waals surface area (Å²) in [5, 5.41) is 0. The molecule has 25 heavy (non-hydrogen) atoms. The van der Waals surface area contributed by atoms with E-state index in [1.54, 1.807) is 24.3 Å². The van der Waals surface area contributed by atoms with Crippen LogP contribution in [0.4, 0.5) is 25.8 Å². The molecule has 0 amide bonds. The topological polar surface area (TPSA) is 40.6 Å². The predicted octanol–water partition coefficient (Wildman–Crippen LogP) is 4.75. The van der Waals surface area contributed by atoms with E-state index < -0.39 is 27.5 Å². The first-order valence-electron chi connectivity index (χ1n) is 8.34. The van der Waals surface area contributed by atoms with E-state index in [2.05, 4.69) is 6.92 Å². The highest BCUT2D eigenvalue weighted by molar-refractivity contribution is 7.95. The molecule has 7 heteroatoms. The Kier molecular flexibility index (Phi) is 4.94. The number of nitrogens with zero attached hydrogens (tertiary/aromatic N) is 2. The zero-order valence-corrected chi connectivity index (χ0v) is 14.8. The molecule has 0 N–H and O–H groups in total. The highest BCUT2D eigenvalue weighted by Crippen LogP contribution is 2.46. The van der Waals surface area contributed by atoms with Gasteiger partial charge in [-0.05, 0) is 30.7 Å². The second-order valence-corrected chi connectivity index (χ2v) is 7.67. The van der Waals surface area contributed by atoms with Crippen molar-refractivity contribution in [2.24, 2.45) is 0 Å². The summed E-state index contributed by atoms with van der Waals surface area (Å²) in [6.07, 6.45) is 3.64. The lowest BCUT2D eigenvalue weighted by atomic mass is 10.2. The first-order valence-corrected chi connectivity index (χ1v) is 9.74. The molecule has 0 radical (unpaired) electrons. The molecule has 0 aliphatic carbocycles. The molecular formula is C18H20F2N2O2S. The fourth-order valence-corrected chi connectivity index (χ4v) is 4.80. The van der Waals surface area contributed by atoms with Gasteiger partial charge in [0.25, 0.3) is 0 Å². The second kappa shape index (κ2) is 7.00. The van der Waals surface area contributed by atoms with Crippen LogP contribution in [0.15, 0.2) is 42.5 Å². The van der Waals surface area contributed by atoms with E-state index in [1.807, 2.05) is 0 Å². The van der Waals surface area contributed by atoms with E-state index in [4.69, 9.17) is 0 Å². The summed E-state index contributed by atoms with van der Waals surface area (Å²) in [6.45, 7) is 2.36. The molecular weight excluding hydrogens is 346 g/mol. The highest BCUT2D eigenvalue weighted by atomic mass is 32.2. The van der Waals surface area contributed by atoms with Crippen molar-refractivity contribution in [3.05, 3.63) is 54.1 Å². The Hall–Kier alpha value is -2.15. The number of fused-ring (bicyclic) bond motifs is 1. The monoisotopic (exact) mass is 366 g/mol. The SMILES string of the molecule is CCCCCCN1c2ccccc2N(c2c(F)cccc2F)S1(=O)=O. The molecule has 1 heterocycles. The summed E-state index contributed by atoms with van der Waals surface area (Å²) in [6, 6.07) is 9.91. The van der Waals surface area contributed by atoms with Crippen LogP contribution >= 0.6 is 0 Å². The number of halogens is 2. The Bertz CT molecular complexity index is 851. The van der Waals surface area contributed by atoms with Gasteiger partial charge in [-0.25, -0.2) is 13.1 Å². The van der Waals surface area contributed by atoms with Crippen molar-refractivity contribution in [2.75, 3.05) is 15.2 Å². The molecule has 0 saturated carbocycles. The van der Waals surface area contributed by atoms with Gasteiger partial charge in [0.1, 0.15) is 5.69 Å². The fourth-order valence-electron chi connectivity index (χ4n) is 3.03. The lowest BCUT2D eigenvalue weighted by Gasteiger charge is -2.22. The first-order chi connectivity index (χ1) is 12.0. The van der Waals surface area contributed by atoms with Gasteiger partial charge >= 0.3 is 10.2 Å². The zero-order chi connectivity index (χ0) is 18.0. The fraction of sp³-hybridized carbons (Fsp3) is 0.333. The van der Waals surface area contributed by atoms with Gasteiger partial charge in [-0.2, -0.15) is 8.42 Å². The smallest absolute Gasteiger partial charge is 0.251 e. The van der Waals surface area contributed by atoms with Crippen LogP contribution < -0.4 is 8.61 Å². The molecule has 0 saturated heterocycles. The van der Waals surface area contributed by atoms with Gasteiger partial charge < -0.3 is 0 Å². The van der Waals surface area contributed by atoms with Crippen LogP contribution in [0.5, 0.6) is 0 Å². The Morgan fingerprint density at radius 2 is 1.52 bits per heavy atom. The molecule has 1 aliphatic rings. The number of anilines is 3. The normalized spacial score (nSPS) is 15.5. The molecule has 0 fully saturated rings. The Balaban J connectivity index is 2.06. The standard InChI is InChI=1S/C18H20F2N2O2S/c1-2-3-4-7-13-21-16-11-5-6-12-17(16)22(25(21,23)24)18-14(19)9-8-10-15(18)20/h5-6,8-12H,2-4,7,13H2,1H3. The number of hydrogen-bond acceptors (Lipinski definition) is 2. The van der Waals surface area contributed by atoms with E-state index in [9.17, 15) is 17.2 Å². The minimum atomic E-state index is -4.09. The van der Waals surface area contributed by atoms with Gasteiger partial charge in [0, 0.05) is 6.54 Å². The van der Waals surface area contributed by atoms with E-state index in [0.29, 0.717) is 12.1 Å². The third-order valence-corrected chi connectivity index (χ3v) is 6.01. The van der Waals surface area contributed by atoms with Crippen LogP contribution in [-0.2, 0) is 10.2 Å². The van der Waals surface area contributed by atoms with Crippen molar-refractivity contribution < 1.29 is 17.2 Å². The van der Waals surface area contributed by atoms with Crippen molar-refractivity contribution in [3.8, 4) is 0 Å². The molecule has 0 unspecified atom stereocenters. The lowest BCUT2D eigenvalue weighted by Crippen LogP contribution is -2.36. The maximum Gasteiger partial charge on any atom is 0.331 e. The minimum Gasteiger partial charge on any atom is -0.251 e. The summed E-state index contributed by atoms with van der Waals surface area (Å²) in [4.78, 5) is 0. The van der Waals surface area contributed by atoms with Crippen molar-refractivity contribution in [1.29, 1.82) is 0 Å². The largest absolute Gasteiger partial charge is 0.331 e. The third kappa shape index (κ3) is 3.08. The molecule has 0 bridgehead atoms. The van der Waals surface area contributed by atoms with Gasteiger partial charge in [0.2, 0.25) is 0 Å². The highest BCUT2D eigenvalue weighted by Gasteiger charge is 2.43. The number of hydrogen-bond donors (Lipinski definition) is 0. The van der Waals surface area contributed by atoms with E-state index in [0.717, 1.165) is 35.7 Å². The summed E-state index contributed by atoms with van der Waals surface area (Å²) < 4.78 is 56.6. The van der Waals surface area contributed by atoms with Crippen LogP contribution in [0.2, 0.25) is 0 Å². The van der Waals surface area contributed by atoms with Crippen LogP contribution in [0.1, 0.15) is 32.6 Å². The van der Waals surface area contributed by atoms with Gasteiger partial charge in [-0.15, -0.1) is 0 Å². The van der Waals surface area contributed by atoms with Crippen molar-refractivity contribution in [2.45, 2.75) is 32.6 Å². The van der Waals surface area contributed by atoms with Crippen molar-refractivity contribution >= 4 is 27.3 Å². The predicted molar refractivity (Wildman–Crippen MR) is 95.3 cm³/mol. The molecule has 0 aromatic heterocycles. The van der Waals surface area contributed by atoms with E-state index >= 15 is 0 Å². The third-order valence-electron chi connectivity index (χ3n) is 4.23. The number of para-hydroxylation sites is 3. The molecule has 134 valence electrons. The molecule has 2 aromatic rings. The summed E-state index contributed by atoms with van der Waals surface area (Å²) >= 11 is 0. The van der Waals surface area contributed by atoms with Gasteiger partial charge in [0.05, 0.1) is 11.4 Å².